The van der Waals surface area contributed by atoms with Gasteiger partial charge in [-0.3, -0.25) is 4.79 Å². The molecule has 1 aliphatic rings. The van der Waals surface area contributed by atoms with Crippen LogP contribution in [0.25, 0.3) is 0 Å². The highest BCUT2D eigenvalue weighted by Crippen LogP contribution is 2.32. The first-order chi connectivity index (χ1) is 9.08. The molecule has 0 unspecified atom stereocenters. The Kier molecular flexibility index (Phi) is 4.37. The molecule has 19 heavy (non-hydrogen) atoms. The highest BCUT2D eigenvalue weighted by molar-refractivity contribution is 5.90. The molecule has 1 fully saturated rings. The Morgan fingerprint density at radius 2 is 2.32 bits per heavy atom. The molecule has 1 aliphatic carbocycles. The van der Waals surface area contributed by atoms with Crippen LogP contribution in [0.15, 0.2) is 12.3 Å². The van der Waals surface area contributed by atoms with Crippen molar-refractivity contribution in [3.63, 3.8) is 0 Å². The van der Waals surface area contributed by atoms with Crippen molar-refractivity contribution in [1.82, 2.24) is 4.98 Å². The van der Waals surface area contributed by atoms with Crippen molar-refractivity contribution in [3.8, 4) is 0 Å². The lowest BCUT2D eigenvalue weighted by molar-refractivity contribution is -0.119. The summed E-state index contributed by atoms with van der Waals surface area (Å²) < 4.78 is 5.48. The van der Waals surface area contributed by atoms with Crippen LogP contribution in [0, 0.1) is 12.8 Å². The minimum Gasteiger partial charge on any atom is -0.397 e. The first-order valence-electron chi connectivity index (χ1n) is 6.72. The smallest absolute Gasteiger partial charge is 0.225 e. The van der Waals surface area contributed by atoms with Gasteiger partial charge >= 0.3 is 0 Å². The second-order valence-electron chi connectivity index (χ2n) is 5.09. The molecule has 0 aromatic carbocycles. The molecule has 104 valence electrons. The lowest BCUT2D eigenvalue weighted by Crippen LogP contribution is -2.34. The van der Waals surface area contributed by atoms with Crippen LogP contribution >= 0.6 is 0 Å². The summed E-state index contributed by atoms with van der Waals surface area (Å²) in [7, 11) is 0. The molecule has 0 radical (unpaired) electrons. The third-order valence-corrected chi connectivity index (χ3v) is 3.49. The maximum Gasteiger partial charge on any atom is 0.225 e. The number of ether oxygens (including phenoxy) is 1. The Bertz CT molecular complexity index is 456. The Labute approximate surface area is 113 Å². The van der Waals surface area contributed by atoms with Gasteiger partial charge in [0.2, 0.25) is 5.91 Å². The molecule has 0 atom stereocenters. The average molecular weight is 263 g/mol. The lowest BCUT2D eigenvalue weighted by Gasteiger charge is -2.34. The monoisotopic (exact) mass is 263 g/mol. The van der Waals surface area contributed by atoms with E-state index in [4.69, 9.17) is 10.5 Å². The van der Waals surface area contributed by atoms with Gasteiger partial charge in [-0.25, -0.2) is 4.98 Å². The van der Waals surface area contributed by atoms with Crippen LogP contribution < -0.4 is 11.1 Å². The van der Waals surface area contributed by atoms with Crippen molar-refractivity contribution in [2.45, 2.75) is 39.2 Å². The fraction of sp³-hybridized carbons (Fsp3) is 0.571. The van der Waals surface area contributed by atoms with Crippen LogP contribution in [-0.2, 0) is 9.53 Å². The molecule has 2 rings (SSSR count). The number of hydrogen-bond acceptors (Lipinski definition) is 4. The molecule has 1 heterocycles. The summed E-state index contributed by atoms with van der Waals surface area (Å²) in [5, 5.41) is 2.81. The SMILES string of the molecule is CCOC1CC(CC(=O)Nc2cc(C)c(N)cn2)C1. The number of nitrogens with two attached hydrogens (primary N) is 1. The molecule has 1 aromatic rings. The summed E-state index contributed by atoms with van der Waals surface area (Å²) in [5.41, 5.74) is 7.24. The molecular formula is C14H21N3O2. The van der Waals surface area contributed by atoms with E-state index in [0.29, 0.717) is 29.9 Å². The van der Waals surface area contributed by atoms with Gasteiger partial charge in [-0.15, -0.1) is 0 Å². The van der Waals surface area contributed by atoms with E-state index in [1.165, 1.54) is 0 Å². The van der Waals surface area contributed by atoms with Gasteiger partial charge in [0.15, 0.2) is 0 Å². The Balaban J connectivity index is 1.77. The minimum atomic E-state index is 0.0108. The van der Waals surface area contributed by atoms with Crippen LogP contribution in [0.2, 0.25) is 0 Å². The zero-order valence-corrected chi connectivity index (χ0v) is 11.5. The number of hydrogen-bond donors (Lipinski definition) is 2. The third-order valence-electron chi connectivity index (χ3n) is 3.49. The van der Waals surface area contributed by atoms with E-state index in [-0.39, 0.29) is 5.91 Å². The van der Waals surface area contributed by atoms with Crippen molar-refractivity contribution < 1.29 is 9.53 Å². The fourth-order valence-electron chi connectivity index (χ4n) is 2.30. The summed E-state index contributed by atoms with van der Waals surface area (Å²) >= 11 is 0. The summed E-state index contributed by atoms with van der Waals surface area (Å²) in [6.45, 7) is 4.64. The zero-order chi connectivity index (χ0) is 13.8. The molecule has 0 bridgehead atoms. The van der Waals surface area contributed by atoms with Crippen molar-refractivity contribution in [2.75, 3.05) is 17.7 Å². The van der Waals surface area contributed by atoms with Gasteiger partial charge in [0.1, 0.15) is 5.82 Å². The number of nitrogens with zero attached hydrogens (tertiary/aromatic N) is 1. The maximum absolute atomic E-state index is 11.9. The third kappa shape index (κ3) is 3.67. The van der Waals surface area contributed by atoms with Gasteiger partial charge in [0.05, 0.1) is 18.0 Å². The Hall–Kier alpha value is -1.62. The topological polar surface area (TPSA) is 77.2 Å². The van der Waals surface area contributed by atoms with E-state index in [1.54, 1.807) is 12.3 Å². The summed E-state index contributed by atoms with van der Waals surface area (Å²) in [6, 6.07) is 1.79. The van der Waals surface area contributed by atoms with Crippen LogP contribution in [0.3, 0.4) is 0 Å². The number of aryl methyl sites for hydroxylation is 1. The number of pyridine rings is 1. The van der Waals surface area contributed by atoms with E-state index < -0.39 is 0 Å². The minimum absolute atomic E-state index is 0.0108. The zero-order valence-electron chi connectivity index (χ0n) is 11.5. The van der Waals surface area contributed by atoms with E-state index in [2.05, 4.69) is 10.3 Å². The predicted molar refractivity (Wildman–Crippen MR) is 74.8 cm³/mol. The first-order valence-corrected chi connectivity index (χ1v) is 6.72. The number of amides is 1. The van der Waals surface area contributed by atoms with Gasteiger partial charge in [0.25, 0.3) is 0 Å². The van der Waals surface area contributed by atoms with E-state index in [9.17, 15) is 4.79 Å². The number of carbonyl (C=O) groups excluding carboxylic acids is 1. The summed E-state index contributed by atoms with van der Waals surface area (Å²) in [5.74, 6) is 1.01. The van der Waals surface area contributed by atoms with Crippen LogP contribution in [-0.4, -0.2) is 23.6 Å². The van der Waals surface area contributed by atoms with E-state index in [1.807, 2.05) is 13.8 Å². The molecule has 5 heteroatoms. The lowest BCUT2D eigenvalue weighted by atomic mass is 9.80. The van der Waals surface area contributed by atoms with Crippen molar-refractivity contribution >= 4 is 17.4 Å². The standard InChI is InChI=1S/C14H21N3O2/c1-3-19-11-5-10(6-11)7-14(18)17-13-4-9(2)12(15)8-16-13/h4,8,10-11H,3,5-7,15H2,1-2H3,(H,16,17,18). The van der Waals surface area contributed by atoms with Crippen LogP contribution in [0.1, 0.15) is 31.7 Å². The summed E-state index contributed by atoms with van der Waals surface area (Å²) in [6.07, 6.45) is 4.42. The van der Waals surface area contributed by atoms with Crippen LogP contribution in [0.4, 0.5) is 11.5 Å². The number of carbonyl (C=O) groups is 1. The predicted octanol–water partition coefficient (Wildman–Crippen LogP) is 2.12. The fourth-order valence-corrected chi connectivity index (χ4v) is 2.30. The van der Waals surface area contributed by atoms with Crippen molar-refractivity contribution in [2.24, 2.45) is 5.92 Å². The average Bonchev–Trinajstić information content (AvgIpc) is 2.31. The molecule has 1 saturated carbocycles. The molecule has 1 aromatic heterocycles. The number of rotatable bonds is 5. The number of anilines is 2. The van der Waals surface area contributed by atoms with E-state index >= 15 is 0 Å². The van der Waals surface area contributed by atoms with Gasteiger partial charge in [-0.2, -0.15) is 0 Å². The number of nitrogens with one attached hydrogen (secondary N) is 1. The van der Waals surface area contributed by atoms with Crippen LogP contribution in [0.5, 0.6) is 0 Å². The molecule has 1 amide bonds. The highest BCUT2D eigenvalue weighted by Gasteiger charge is 2.31. The van der Waals surface area contributed by atoms with Gasteiger partial charge in [0, 0.05) is 13.0 Å². The first kappa shape index (κ1) is 13.8. The molecule has 3 N–H and O–H groups in total. The van der Waals surface area contributed by atoms with Gasteiger partial charge < -0.3 is 15.8 Å². The molecular weight excluding hydrogens is 242 g/mol. The quantitative estimate of drug-likeness (QED) is 0.853. The van der Waals surface area contributed by atoms with E-state index in [0.717, 1.165) is 25.0 Å². The normalized spacial score (nSPS) is 21.8. The summed E-state index contributed by atoms with van der Waals surface area (Å²) in [4.78, 5) is 15.9. The number of aromatic nitrogens is 1. The van der Waals surface area contributed by atoms with Crippen molar-refractivity contribution in [1.29, 1.82) is 0 Å². The second-order valence-corrected chi connectivity index (χ2v) is 5.09. The molecule has 0 aliphatic heterocycles. The second kappa shape index (κ2) is 6.02. The molecule has 0 spiro atoms. The molecule has 0 saturated heterocycles. The molecule has 5 nitrogen and oxygen atoms in total. The largest absolute Gasteiger partial charge is 0.397 e. The Morgan fingerprint density at radius 3 is 2.95 bits per heavy atom. The number of nitrogen functional groups attached to an aromatic ring is 1. The van der Waals surface area contributed by atoms with Crippen molar-refractivity contribution in [3.05, 3.63) is 17.8 Å². The van der Waals surface area contributed by atoms with Gasteiger partial charge in [-0.1, -0.05) is 0 Å². The van der Waals surface area contributed by atoms with Gasteiger partial charge in [-0.05, 0) is 44.2 Å². The Morgan fingerprint density at radius 1 is 1.58 bits per heavy atom. The maximum atomic E-state index is 11.9. The highest BCUT2D eigenvalue weighted by atomic mass is 16.5.